The summed E-state index contributed by atoms with van der Waals surface area (Å²) >= 11 is 0. The number of halogens is 2. The topological polar surface area (TPSA) is 81.7 Å². The highest BCUT2D eigenvalue weighted by molar-refractivity contribution is 7.90. The zero-order chi connectivity index (χ0) is 17.7. The summed E-state index contributed by atoms with van der Waals surface area (Å²) in [6.07, 6.45) is 1.67. The molecule has 9 heteroatoms. The molecule has 0 radical (unpaired) electrons. The van der Waals surface area contributed by atoms with E-state index in [2.05, 4.69) is 0 Å². The Morgan fingerprint density at radius 2 is 2.12 bits per heavy atom. The van der Waals surface area contributed by atoms with Crippen molar-refractivity contribution in [3.8, 4) is 0 Å². The van der Waals surface area contributed by atoms with E-state index in [1.807, 2.05) is 0 Å². The maximum absolute atomic E-state index is 13.1. The summed E-state index contributed by atoms with van der Waals surface area (Å²) in [5.74, 6) is -3.39. The largest absolute Gasteiger partial charge is 0.376 e. The lowest BCUT2D eigenvalue weighted by Gasteiger charge is -2.23. The fourth-order valence-corrected chi connectivity index (χ4v) is 3.24. The van der Waals surface area contributed by atoms with Crippen LogP contribution < -0.4 is 4.72 Å². The summed E-state index contributed by atoms with van der Waals surface area (Å²) in [5, 5.41) is 0. The summed E-state index contributed by atoms with van der Waals surface area (Å²) in [7, 11) is -4.30. The first kappa shape index (κ1) is 18.8. The van der Waals surface area contributed by atoms with Gasteiger partial charge in [-0.05, 0) is 44.4 Å². The minimum absolute atomic E-state index is 0.114. The van der Waals surface area contributed by atoms with Crippen molar-refractivity contribution < 1.29 is 31.5 Å². The Morgan fingerprint density at radius 1 is 1.38 bits per heavy atom. The Morgan fingerprint density at radius 3 is 2.75 bits per heavy atom. The molecule has 1 saturated heterocycles. The van der Waals surface area contributed by atoms with Crippen molar-refractivity contribution in [2.45, 2.75) is 43.3 Å². The van der Waals surface area contributed by atoms with Gasteiger partial charge in [-0.3, -0.25) is 4.79 Å². The minimum Gasteiger partial charge on any atom is -0.376 e. The van der Waals surface area contributed by atoms with Gasteiger partial charge in [-0.25, -0.2) is 21.9 Å². The first-order valence-electron chi connectivity index (χ1n) is 7.54. The number of hydrogen-bond donors (Lipinski definition) is 1. The van der Waals surface area contributed by atoms with Crippen LogP contribution in [0.1, 0.15) is 26.2 Å². The second-order valence-electron chi connectivity index (χ2n) is 5.51. The number of amides is 1. The van der Waals surface area contributed by atoms with E-state index in [0.29, 0.717) is 18.7 Å². The molecular formula is C15H19F2NO5S. The van der Waals surface area contributed by atoms with E-state index in [1.165, 1.54) is 6.92 Å². The van der Waals surface area contributed by atoms with Crippen LogP contribution in [0.25, 0.3) is 0 Å². The summed E-state index contributed by atoms with van der Waals surface area (Å²) < 4.78 is 62.6. The van der Waals surface area contributed by atoms with Gasteiger partial charge in [0.25, 0.3) is 15.9 Å². The number of nitrogens with one attached hydrogen (secondary N) is 1. The number of carbonyl (C=O) groups is 1. The van der Waals surface area contributed by atoms with E-state index < -0.39 is 38.6 Å². The molecule has 1 heterocycles. The number of sulfonamides is 1. The molecule has 0 aliphatic carbocycles. The molecule has 2 rings (SSSR count). The van der Waals surface area contributed by atoms with Crippen LogP contribution in [-0.2, 0) is 24.3 Å². The summed E-state index contributed by atoms with van der Waals surface area (Å²) in [6.45, 7) is 2.22. The molecular weight excluding hydrogens is 344 g/mol. The third-order valence-electron chi connectivity index (χ3n) is 3.61. The van der Waals surface area contributed by atoms with Gasteiger partial charge in [-0.2, -0.15) is 0 Å². The van der Waals surface area contributed by atoms with Crippen molar-refractivity contribution in [1.29, 1.82) is 0 Å². The maximum Gasteiger partial charge on any atom is 0.264 e. The monoisotopic (exact) mass is 363 g/mol. The van der Waals surface area contributed by atoms with Crippen LogP contribution in [0.5, 0.6) is 0 Å². The first-order valence-corrected chi connectivity index (χ1v) is 9.03. The molecule has 0 spiro atoms. The van der Waals surface area contributed by atoms with Gasteiger partial charge in [0, 0.05) is 6.61 Å². The molecule has 24 heavy (non-hydrogen) atoms. The average Bonchev–Trinajstić information content (AvgIpc) is 2.55. The Labute approximate surface area is 139 Å². The molecule has 1 aromatic carbocycles. The SMILES string of the molecule is C[C@H](OC[C@H]1CCCCO1)C(=O)NS(=O)(=O)c1ccc(F)c(F)c1. The van der Waals surface area contributed by atoms with Gasteiger partial charge in [-0.15, -0.1) is 0 Å². The van der Waals surface area contributed by atoms with Gasteiger partial charge in [0.2, 0.25) is 0 Å². The lowest BCUT2D eigenvalue weighted by atomic mass is 10.1. The maximum atomic E-state index is 13.1. The van der Waals surface area contributed by atoms with Crippen LogP contribution in [0.3, 0.4) is 0 Å². The molecule has 2 atom stereocenters. The molecule has 1 aliphatic rings. The van der Waals surface area contributed by atoms with Gasteiger partial charge >= 0.3 is 0 Å². The smallest absolute Gasteiger partial charge is 0.264 e. The fourth-order valence-electron chi connectivity index (χ4n) is 2.18. The minimum atomic E-state index is -4.30. The number of carbonyl (C=O) groups excluding carboxylic acids is 1. The third kappa shape index (κ3) is 4.96. The highest BCUT2D eigenvalue weighted by atomic mass is 32.2. The lowest BCUT2D eigenvalue weighted by molar-refractivity contribution is -0.133. The molecule has 1 amide bonds. The van der Waals surface area contributed by atoms with E-state index in [1.54, 1.807) is 4.72 Å². The highest BCUT2D eigenvalue weighted by Crippen LogP contribution is 2.15. The Hall–Kier alpha value is -1.58. The molecule has 0 unspecified atom stereocenters. The zero-order valence-electron chi connectivity index (χ0n) is 13.1. The van der Waals surface area contributed by atoms with Crippen LogP contribution in [0.2, 0.25) is 0 Å². The highest BCUT2D eigenvalue weighted by Gasteiger charge is 2.24. The predicted octanol–water partition coefficient (Wildman–Crippen LogP) is 1.74. The molecule has 1 aliphatic heterocycles. The summed E-state index contributed by atoms with van der Waals surface area (Å²) in [4.78, 5) is 11.4. The van der Waals surface area contributed by atoms with Gasteiger partial charge in [0.15, 0.2) is 11.6 Å². The van der Waals surface area contributed by atoms with Crippen LogP contribution in [-0.4, -0.2) is 39.7 Å². The van der Waals surface area contributed by atoms with Gasteiger partial charge in [-0.1, -0.05) is 0 Å². The van der Waals surface area contributed by atoms with Crippen LogP contribution in [0.4, 0.5) is 8.78 Å². The van der Waals surface area contributed by atoms with Gasteiger partial charge in [0.05, 0.1) is 17.6 Å². The molecule has 134 valence electrons. The second kappa shape index (κ2) is 8.00. The van der Waals surface area contributed by atoms with E-state index in [-0.39, 0.29) is 12.7 Å². The Kier molecular flexibility index (Phi) is 6.25. The van der Waals surface area contributed by atoms with Crippen molar-refractivity contribution in [1.82, 2.24) is 4.72 Å². The van der Waals surface area contributed by atoms with Crippen molar-refractivity contribution >= 4 is 15.9 Å². The van der Waals surface area contributed by atoms with Crippen LogP contribution in [0.15, 0.2) is 23.1 Å². The molecule has 1 fully saturated rings. The molecule has 1 aromatic rings. The first-order chi connectivity index (χ1) is 11.3. The van der Waals surface area contributed by atoms with Crippen LogP contribution >= 0.6 is 0 Å². The Balaban J connectivity index is 1.92. The number of benzene rings is 1. The molecule has 6 nitrogen and oxygen atoms in total. The van der Waals surface area contributed by atoms with E-state index in [9.17, 15) is 22.0 Å². The van der Waals surface area contributed by atoms with Crippen molar-refractivity contribution in [3.05, 3.63) is 29.8 Å². The van der Waals surface area contributed by atoms with E-state index >= 15 is 0 Å². The van der Waals surface area contributed by atoms with Crippen molar-refractivity contribution in [2.24, 2.45) is 0 Å². The number of rotatable bonds is 6. The standard InChI is InChI=1S/C15H19F2NO5S/c1-10(23-9-11-4-2-3-7-22-11)15(19)18-24(20,21)12-5-6-13(16)14(17)8-12/h5-6,8,10-11H,2-4,7,9H2,1H3,(H,18,19)/t10-,11+/m0/s1. The lowest BCUT2D eigenvalue weighted by Crippen LogP contribution is -2.40. The number of hydrogen-bond acceptors (Lipinski definition) is 5. The summed E-state index contributed by atoms with van der Waals surface area (Å²) in [5.41, 5.74) is 0. The molecule has 0 saturated carbocycles. The molecule has 0 bridgehead atoms. The van der Waals surface area contributed by atoms with Crippen molar-refractivity contribution in [2.75, 3.05) is 13.2 Å². The average molecular weight is 363 g/mol. The van der Waals surface area contributed by atoms with Gasteiger partial charge in [0.1, 0.15) is 6.10 Å². The van der Waals surface area contributed by atoms with E-state index in [4.69, 9.17) is 9.47 Å². The molecule has 1 N–H and O–H groups in total. The van der Waals surface area contributed by atoms with Gasteiger partial charge < -0.3 is 9.47 Å². The third-order valence-corrected chi connectivity index (χ3v) is 4.96. The van der Waals surface area contributed by atoms with Crippen LogP contribution in [0, 0.1) is 11.6 Å². The zero-order valence-corrected chi connectivity index (χ0v) is 13.9. The molecule has 0 aromatic heterocycles. The predicted molar refractivity (Wildman–Crippen MR) is 80.7 cm³/mol. The fraction of sp³-hybridized carbons (Fsp3) is 0.533. The van der Waals surface area contributed by atoms with Crippen molar-refractivity contribution in [3.63, 3.8) is 0 Å². The quantitative estimate of drug-likeness (QED) is 0.833. The Bertz CT molecular complexity index is 689. The van der Waals surface area contributed by atoms with E-state index in [0.717, 1.165) is 25.3 Å². The number of ether oxygens (including phenoxy) is 2. The second-order valence-corrected chi connectivity index (χ2v) is 7.19. The normalized spacial score (nSPS) is 19.7. The summed E-state index contributed by atoms with van der Waals surface area (Å²) in [6, 6.07) is 2.05.